The van der Waals surface area contributed by atoms with E-state index in [1.54, 1.807) is 18.2 Å². The molecule has 0 atom stereocenters. The molecule has 192 valence electrons. The first-order valence-corrected chi connectivity index (χ1v) is 12.8. The third-order valence-corrected chi connectivity index (χ3v) is 7.03. The first kappa shape index (κ1) is 27.6. The normalized spacial score (nSPS) is 11.8. The Labute approximate surface area is 215 Å². The number of methoxy groups -OCH3 is 1. The number of sulfonamides is 1. The maximum Gasteiger partial charge on any atom is 0.433 e. The molecule has 0 aliphatic heterocycles. The zero-order valence-electron chi connectivity index (χ0n) is 18.9. The van der Waals surface area contributed by atoms with Gasteiger partial charge in [0.1, 0.15) is 11.4 Å². The number of ether oxygens (including phenoxy) is 1. The lowest BCUT2D eigenvalue weighted by Gasteiger charge is -2.24. The second kappa shape index (κ2) is 10.9. The van der Waals surface area contributed by atoms with Crippen LogP contribution in [-0.2, 0) is 29.3 Å². The highest BCUT2D eigenvalue weighted by atomic mass is 35.5. The number of benzene rings is 2. The molecule has 0 saturated heterocycles. The fraction of sp³-hybridized carbons (Fsp3) is 0.217. The first-order chi connectivity index (χ1) is 16.8. The molecular weight excluding hydrogens is 542 g/mol. The number of hydrogen-bond acceptors (Lipinski definition) is 5. The summed E-state index contributed by atoms with van der Waals surface area (Å²) in [5, 5.41) is 3.07. The standard InChI is InChI=1S/C23H20Cl2F3N3O4S/c1-35-19-10-16(31(36(2,33)34)13-15-4-3-5-18(24)21(15)25)7-8-17(19)22(32)30-12-14-6-9-20(29-11-14)23(26,27)28/h3-11H,12-13H2,1-2H3,(H,30,32). The molecule has 13 heteroatoms. The summed E-state index contributed by atoms with van der Waals surface area (Å²) in [6, 6.07) is 11.1. The lowest BCUT2D eigenvalue weighted by atomic mass is 10.1. The van der Waals surface area contributed by atoms with Crippen molar-refractivity contribution < 1.29 is 31.1 Å². The van der Waals surface area contributed by atoms with Gasteiger partial charge < -0.3 is 10.1 Å². The highest BCUT2D eigenvalue weighted by Crippen LogP contribution is 2.32. The van der Waals surface area contributed by atoms with Crippen LogP contribution in [0.1, 0.15) is 27.2 Å². The van der Waals surface area contributed by atoms with Crippen molar-refractivity contribution in [3.05, 3.63) is 87.2 Å². The van der Waals surface area contributed by atoms with Crippen molar-refractivity contribution >= 4 is 44.8 Å². The van der Waals surface area contributed by atoms with Crippen molar-refractivity contribution in [2.45, 2.75) is 19.3 Å². The van der Waals surface area contributed by atoms with Gasteiger partial charge >= 0.3 is 6.18 Å². The minimum atomic E-state index is -4.56. The zero-order valence-corrected chi connectivity index (χ0v) is 21.3. The van der Waals surface area contributed by atoms with Gasteiger partial charge in [-0.2, -0.15) is 13.2 Å². The lowest BCUT2D eigenvalue weighted by Crippen LogP contribution is -2.30. The Kier molecular flexibility index (Phi) is 8.37. The number of hydrogen-bond donors (Lipinski definition) is 1. The molecule has 7 nitrogen and oxygen atoms in total. The number of alkyl halides is 3. The number of halogens is 5. The summed E-state index contributed by atoms with van der Waals surface area (Å²) in [5.74, 6) is -0.497. The molecule has 3 rings (SSSR count). The second-order valence-corrected chi connectivity index (χ2v) is 10.3. The van der Waals surface area contributed by atoms with Gasteiger partial charge in [-0.15, -0.1) is 0 Å². The SMILES string of the molecule is COc1cc(N(Cc2cccc(Cl)c2Cl)S(C)(=O)=O)ccc1C(=O)NCc1ccc(C(F)(F)F)nc1. The van der Waals surface area contributed by atoms with E-state index in [1.165, 1.54) is 31.4 Å². The van der Waals surface area contributed by atoms with Gasteiger partial charge in [0, 0.05) is 18.8 Å². The zero-order chi connectivity index (χ0) is 26.7. The van der Waals surface area contributed by atoms with Crippen LogP contribution in [0.15, 0.2) is 54.7 Å². The van der Waals surface area contributed by atoms with E-state index in [9.17, 15) is 26.4 Å². The maximum absolute atomic E-state index is 12.7. The average molecular weight is 562 g/mol. The Morgan fingerprint density at radius 3 is 2.44 bits per heavy atom. The summed E-state index contributed by atoms with van der Waals surface area (Å²) in [7, 11) is -2.46. The molecule has 0 aliphatic rings. The minimum absolute atomic E-state index is 0.0846. The van der Waals surface area contributed by atoms with E-state index in [0.717, 1.165) is 22.8 Å². The van der Waals surface area contributed by atoms with Gasteiger partial charge in [-0.1, -0.05) is 41.4 Å². The highest BCUT2D eigenvalue weighted by molar-refractivity contribution is 7.92. The predicted molar refractivity (Wildman–Crippen MR) is 131 cm³/mol. The molecule has 3 aromatic rings. The number of pyridine rings is 1. The number of rotatable bonds is 8. The predicted octanol–water partition coefficient (Wildman–Crippen LogP) is 5.31. The van der Waals surface area contributed by atoms with Crippen molar-refractivity contribution in [3.8, 4) is 5.75 Å². The molecule has 1 aromatic heterocycles. The molecule has 0 aliphatic carbocycles. The van der Waals surface area contributed by atoms with Crippen LogP contribution in [-0.4, -0.2) is 32.7 Å². The number of aromatic nitrogens is 1. The van der Waals surface area contributed by atoms with E-state index in [2.05, 4.69) is 10.3 Å². The maximum atomic E-state index is 12.7. The Balaban J connectivity index is 1.82. The van der Waals surface area contributed by atoms with E-state index < -0.39 is 27.8 Å². The molecule has 0 fully saturated rings. The number of anilines is 1. The van der Waals surface area contributed by atoms with Gasteiger partial charge in [0.2, 0.25) is 10.0 Å². The number of nitrogens with zero attached hydrogens (tertiary/aromatic N) is 2. The van der Waals surface area contributed by atoms with Crippen LogP contribution < -0.4 is 14.4 Å². The quantitative estimate of drug-likeness (QED) is 0.402. The van der Waals surface area contributed by atoms with E-state index in [4.69, 9.17) is 27.9 Å². The third-order valence-electron chi connectivity index (χ3n) is 5.03. The number of carbonyl (C=O) groups excluding carboxylic acids is 1. The van der Waals surface area contributed by atoms with Crippen LogP contribution in [0.5, 0.6) is 5.75 Å². The van der Waals surface area contributed by atoms with Gasteiger partial charge in [0.05, 0.1) is 41.2 Å². The van der Waals surface area contributed by atoms with Crippen LogP contribution in [0.25, 0.3) is 0 Å². The fourth-order valence-electron chi connectivity index (χ4n) is 3.22. The summed E-state index contributed by atoms with van der Waals surface area (Å²) in [4.78, 5) is 16.1. The van der Waals surface area contributed by atoms with E-state index in [0.29, 0.717) is 11.1 Å². The third kappa shape index (κ3) is 6.59. The average Bonchev–Trinajstić information content (AvgIpc) is 2.82. The molecule has 0 bridgehead atoms. The van der Waals surface area contributed by atoms with Crippen LogP contribution in [0, 0.1) is 0 Å². The first-order valence-electron chi connectivity index (χ1n) is 10.2. The van der Waals surface area contributed by atoms with Crippen molar-refractivity contribution in [1.29, 1.82) is 0 Å². The van der Waals surface area contributed by atoms with Gasteiger partial charge in [-0.3, -0.25) is 14.1 Å². The Morgan fingerprint density at radius 1 is 1.14 bits per heavy atom. The molecular formula is C23H20Cl2F3N3O4S. The van der Waals surface area contributed by atoms with Gasteiger partial charge in [-0.25, -0.2) is 8.42 Å². The molecule has 1 amide bonds. The Hall–Kier alpha value is -3.02. The topological polar surface area (TPSA) is 88.6 Å². The van der Waals surface area contributed by atoms with Gasteiger partial charge in [0.15, 0.2) is 0 Å². The van der Waals surface area contributed by atoms with Gasteiger partial charge in [0.25, 0.3) is 5.91 Å². The molecule has 1 N–H and O–H groups in total. The number of carbonyl (C=O) groups is 1. The summed E-state index contributed by atoms with van der Waals surface area (Å²) in [6.45, 7) is -0.203. The molecule has 36 heavy (non-hydrogen) atoms. The minimum Gasteiger partial charge on any atom is -0.496 e. The van der Waals surface area contributed by atoms with E-state index in [1.807, 2.05) is 0 Å². The molecule has 2 aromatic carbocycles. The summed E-state index contributed by atoms with van der Waals surface area (Å²) in [5.41, 5.74) is 0.0997. The molecule has 0 spiro atoms. The van der Waals surface area contributed by atoms with Crippen LogP contribution >= 0.6 is 23.2 Å². The van der Waals surface area contributed by atoms with E-state index >= 15 is 0 Å². The van der Waals surface area contributed by atoms with Gasteiger partial charge in [-0.05, 0) is 35.4 Å². The lowest BCUT2D eigenvalue weighted by molar-refractivity contribution is -0.141. The molecule has 0 radical (unpaired) electrons. The largest absolute Gasteiger partial charge is 0.496 e. The van der Waals surface area contributed by atoms with Crippen LogP contribution in [0.2, 0.25) is 10.0 Å². The van der Waals surface area contributed by atoms with Crippen molar-refractivity contribution in [2.75, 3.05) is 17.7 Å². The van der Waals surface area contributed by atoms with Crippen molar-refractivity contribution in [2.24, 2.45) is 0 Å². The number of nitrogens with one attached hydrogen (secondary N) is 1. The summed E-state index contributed by atoms with van der Waals surface area (Å²) < 4.78 is 69.5. The molecule has 0 saturated carbocycles. The van der Waals surface area contributed by atoms with Crippen LogP contribution in [0.3, 0.4) is 0 Å². The Morgan fingerprint density at radius 2 is 1.86 bits per heavy atom. The smallest absolute Gasteiger partial charge is 0.433 e. The number of amides is 1. The molecule has 0 unspecified atom stereocenters. The summed E-state index contributed by atoms with van der Waals surface area (Å²) in [6.07, 6.45) is -2.51. The molecule has 1 heterocycles. The van der Waals surface area contributed by atoms with Crippen molar-refractivity contribution in [3.63, 3.8) is 0 Å². The highest BCUT2D eigenvalue weighted by Gasteiger charge is 2.32. The van der Waals surface area contributed by atoms with Crippen LogP contribution in [0.4, 0.5) is 18.9 Å². The van der Waals surface area contributed by atoms with E-state index in [-0.39, 0.29) is 40.1 Å². The fourth-order valence-corrected chi connectivity index (χ4v) is 4.47. The second-order valence-electron chi connectivity index (χ2n) is 7.60. The Bertz CT molecular complexity index is 1370. The monoisotopic (exact) mass is 561 g/mol. The van der Waals surface area contributed by atoms with Crippen molar-refractivity contribution in [1.82, 2.24) is 10.3 Å². The summed E-state index contributed by atoms with van der Waals surface area (Å²) >= 11 is 12.3.